The quantitative estimate of drug-likeness (QED) is 0.779. The highest BCUT2D eigenvalue weighted by atomic mass is 32.2. The zero-order valence-electron chi connectivity index (χ0n) is 14.8. The highest BCUT2D eigenvalue weighted by molar-refractivity contribution is 7.88. The maximum absolute atomic E-state index is 12.7. The Bertz CT molecular complexity index is 866. The normalized spacial score (nSPS) is 18.6. The lowest BCUT2D eigenvalue weighted by Crippen LogP contribution is -2.45. The Morgan fingerprint density at radius 2 is 2.08 bits per heavy atom. The molecule has 1 aliphatic heterocycles. The SMILES string of the molecule is CN(Cc1nc(-c2ccccc2)no1)C(=O)[C@@H]1CCCN(S(C)(=O)=O)C1. The minimum atomic E-state index is -3.28. The number of carbonyl (C=O) groups excluding carboxylic acids is 1. The van der Waals surface area contributed by atoms with Crippen molar-refractivity contribution in [1.29, 1.82) is 0 Å². The van der Waals surface area contributed by atoms with Crippen molar-refractivity contribution in [3.63, 3.8) is 0 Å². The molecule has 8 nitrogen and oxygen atoms in total. The Morgan fingerprint density at radius 3 is 2.77 bits per heavy atom. The number of piperidine rings is 1. The zero-order valence-corrected chi connectivity index (χ0v) is 15.6. The van der Waals surface area contributed by atoms with Crippen molar-refractivity contribution in [3.8, 4) is 11.4 Å². The standard InChI is InChI=1S/C17H22N4O4S/c1-20(17(22)14-9-6-10-21(11-14)26(2,23)24)12-15-18-16(19-25-15)13-7-4-3-5-8-13/h3-5,7-8,14H,6,9-12H2,1-2H3/t14-/m1/s1. The summed E-state index contributed by atoms with van der Waals surface area (Å²) in [5.74, 6) is 0.357. The van der Waals surface area contributed by atoms with Gasteiger partial charge in [-0.3, -0.25) is 4.79 Å². The van der Waals surface area contributed by atoms with Crippen molar-refractivity contribution in [2.45, 2.75) is 19.4 Å². The number of carbonyl (C=O) groups is 1. The molecule has 1 fully saturated rings. The molecule has 9 heteroatoms. The number of rotatable bonds is 5. The molecule has 26 heavy (non-hydrogen) atoms. The molecular weight excluding hydrogens is 356 g/mol. The van der Waals surface area contributed by atoms with Crippen LogP contribution in [0.25, 0.3) is 11.4 Å². The predicted octanol–water partition coefficient (Wildman–Crippen LogP) is 1.37. The monoisotopic (exact) mass is 378 g/mol. The number of benzene rings is 1. The molecule has 0 spiro atoms. The van der Waals surface area contributed by atoms with Crippen LogP contribution in [0.3, 0.4) is 0 Å². The average molecular weight is 378 g/mol. The second-order valence-corrected chi connectivity index (χ2v) is 8.51. The van der Waals surface area contributed by atoms with Crippen LogP contribution in [-0.2, 0) is 21.4 Å². The number of sulfonamides is 1. The molecule has 2 heterocycles. The molecule has 0 unspecified atom stereocenters. The fourth-order valence-corrected chi connectivity index (χ4v) is 3.97. The molecule has 3 rings (SSSR count). The molecule has 0 radical (unpaired) electrons. The number of hydrogen-bond donors (Lipinski definition) is 0. The van der Waals surface area contributed by atoms with Crippen LogP contribution in [0.4, 0.5) is 0 Å². The Hall–Kier alpha value is -2.26. The highest BCUT2D eigenvalue weighted by Crippen LogP contribution is 2.21. The van der Waals surface area contributed by atoms with Gasteiger partial charge >= 0.3 is 0 Å². The summed E-state index contributed by atoms with van der Waals surface area (Å²) < 4.78 is 30.1. The van der Waals surface area contributed by atoms with Crippen LogP contribution in [0, 0.1) is 5.92 Å². The molecule has 1 saturated heterocycles. The summed E-state index contributed by atoms with van der Waals surface area (Å²) in [7, 11) is -1.62. The number of aromatic nitrogens is 2. The third-order valence-corrected chi connectivity index (χ3v) is 5.72. The third kappa shape index (κ3) is 4.28. The van der Waals surface area contributed by atoms with Crippen molar-refractivity contribution in [2.24, 2.45) is 5.92 Å². The van der Waals surface area contributed by atoms with Crippen molar-refractivity contribution >= 4 is 15.9 Å². The van der Waals surface area contributed by atoms with E-state index < -0.39 is 10.0 Å². The van der Waals surface area contributed by atoms with Crippen LogP contribution in [-0.4, -0.2) is 60.1 Å². The van der Waals surface area contributed by atoms with Crippen molar-refractivity contribution in [1.82, 2.24) is 19.3 Å². The van der Waals surface area contributed by atoms with Gasteiger partial charge in [0, 0.05) is 25.7 Å². The molecule has 0 saturated carbocycles. The largest absolute Gasteiger partial charge is 0.337 e. The van der Waals surface area contributed by atoms with Crippen LogP contribution < -0.4 is 0 Å². The summed E-state index contributed by atoms with van der Waals surface area (Å²) in [6.45, 7) is 0.881. The first-order chi connectivity index (χ1) is 12.3. The Labute approximate surface area is 152 Å². The lowest BCUT2D eigenvalue weighted by molar-refractivity contribution is -0.136. The lowest BCUT2D eigenvalue weighted by atomic mass is 9.98. The molecule has 1 aliphatic rings. The van der Waals surface area contributed by atoms with E-state index in [1.54, 1.807) is 7.05 Å². The number of amides is 1. The maximum atomic E-state index is 12.7. The molecule has 1 amide bonds. The van der Waals surface area contributed by atoms with Gasteiger partial charge in [-0.05, 0) is 12.8 Å². The summed E-state index contributed by atoms with van der Waals surface area (Å²) in [6.07, 6.45) is 2.53. The van der Waals surface area contributed by atoms with E-state index in [1.165, 1.54) is 15.5 Å². The van der Waals surface area contributed by atoms with Crippen molar-refractivity contribution in [2.75, 3.05) is 26.4 Å². The van der Waals surface area contributed by atoms with Gasteiger partial charge in [0.05, 0.1) is 18.7 Å². The summed E-state index contributed by atoms with van der Waals surface area (Å²) in [5, 5.41) is 3.94. The van der Waals surface area contributed by atoms with Gasteiger partial charge in [-0.15, -0.1) is 0 Å². The van der Waals surface area contributed by atoms with Crippen LogP contribution in [0.15, 0.2) is 34.9 Å². The highest BCUT2D eigenvalue weighted by Gasteiger charge is 2.32. The first kappa shape index (κ1) is 18.5. The Balaban J connectivity index is 1.64. The first-order valence-corrected chi connectivity index (χ1v) is 10.3. The fourth-order valence-electron chi connectivity index (χ4n) is 3.06. The number of hydrogen-bond acceptors (Lipinski definition) is 6. The molecule has 2 aromatic rings. The lowest BCUT2D eigenvalue weighted by Gasteiger charge is -2.32. The summed E-state index contributed by atoms with van der Waals surface area (Å²) in [6, 6.07) is 9.44. The van der Waals surface area contributed by atoms with Gasteiger partial charge in [0.1, 0.15) is 0 Å². The van der Waals surface area contributed by atoms with Gasteiger partial charge in [0.25, 0.3) is 0 Å². The molecule has 1 atom stereocenters. The van der Waals surface area contributed by atoms with Crippen LogP contribution in [0.1, 0.15) is 18.7 Å². The molecule has 0 N–H and O–H groups in total. The molecule has 1 aromatic carbocycles. The molecule has 1 aromatic heterocycles. The van der Waals surface area contributed by atoms with Gasteiger partial charge < -0.3 is 9.42 Å². The zero-order chi connectivity index (χ0) is 18.7. The van der Waals surface area contributed by atoms with Crippen molar-refractivity contribution in [3.05, 3.63) is 36.2 Å². The van der Waals surface area contributed by atoms with E-state index >= 15 is 0 Å². The number of nitrogens with zero attached hydrogens (tertiary/aromatic N) is 4. The summed E-state index contributed by atoms with van der Waals surface area (Å²) in [4.78, 5) is 18.5. The molecular formula is C17H22N4O4S. The minimum Gasteiger partial charge on any atom is -0.337 e. The summed E-state index contributed by atoms with van der Waals surface area (Å²) >= 11 is 0. The third-order valence-electron chi connectivity index (χ3n) is 4.45. The van der Waals surface area contributed by atoms with Gasteiger partial charge in [-0.2, -0.15) is 4.98 Å². The Kier molecular flexibility index (Phi) is 5.38. The van der Waals surface area contributed by atoms with E-state index in [9.17, 15) is 13.2 Å². The van der Waals surface area contributed by atoms with Gasteiger partial charge in [-0.1, -0.05) is 35.5 Å². The predicted molar refractivity (Wildman–Crippen MR) is 95.3 cm³/mol. The minimum absolute atomic E-state index is 0.113. The van der Waals surface area contributed by atoms with E-state index in [0.29, 0.717) is 31.1 Å². The van der Waals surface area contributed by atoms with E-state index in [-0.39, 0.29) is 24.9 Å². The maximum Gasteiger partial charge on any atom is 0.246 e. The molecule has 0 bridgehead atoms. The fraction of sp³-hybridized carbons (Fsp3) is 0.471. The van der Waals surface area contributed by atoms with Crippen LogP contribution in [0.2, 0.25) is 0 Å². The van der Waals surface area contributed by atoms with E-state index in [1.807, 2.05) is 30.3 Å². The Morgan fingerprint density at radius 1 is 1.35 bits per heavy atom. The first-order valence-electron chi connectivity index (χ1n) is 8.42. The van der Waals surface area contributed by atoms with Crippen LogP contribution >= 0.6 is 0 Å². The van der Waals surface area contributed by atoms with Crippen molar-refractivity contribution < 1.29 is 17.7 Å². The van der Waals surface area contributed by atoms with Gasteiger partial charge in [0.15, 0.2) is 0 Å². The second kappa shape index (κ2) is 7.55. The van der Waals surface area contributed by atoms with Gasteiger partial charge in [-0.25, -0.2) is 12.7 Å². The molecule has 140 valence electrons. The summed E-state index contributed by atoms with van der Waals surface area (Å²) in [5.41, 5.74) is 0.840. The van der Waals surface area contributed by atoms with E-state index in [4.69, 9.17) is 4.52 Å². The van der Waals surface area contributed by atoms with Crippen LogP contribution in [0.5, 0.6) is 0 Å². The smallest absolute Gasteiger partial charge is 0.246 e. The second-order valence-electron chi connectivity index (χ2n) is 6.53. The average Bonchev–Trinajstić information content (AvgIpc) is 3.09. The molecule has 0 aliphatic carbocycles. The van der Waals surface area contributed by atoms with E-state index in [2.05, 4.69) is 10.1 Å². The van der Waals surface area contributed by atoms with E-state index in [0.717, 1.165) is 5.56 Å². The van der Waals surface area contributed by atoms with Gasteiger partial charge in [0.2, 0.25) is 27.6 Å². The topological polar surface area (TPSA) is 96.6 Å².